The van der Waals surface area contributed by atoms with Crippen molar-refractivity contribution in [3.63, 3.8) is 0 Å². The average molecular weight is 433 g/mol. The van der Waals surface area contributed by atoms with E-state index in [1.807, 2.05) is 54.7 Å². The van der Waals surface area contributed by atoms with E-state index in [2.05, 4.69) is 10.00 Å². The number of aryl methyl sites for hydroxylation is 1. The molecule has 3 aromatic rings. The molecule has 0 aliphatic carbocycles. The normalized spacial score (nSPS) is 18.0. The zero-order chi connectivity index (χ0) is 22.1. The molecule has 1 aromatic carbocycles. The predicted octanol–water partition coefficient (Wildman–Crippen LogP) is 2.69. The van der Waals surface area contributed by atoms with E-state index in [1.165, 1.54) is 0 Å². The summed E-state index contributed by atoms with van der Waals surface area (Å²) in [4.78, 5) is 26.1. The van der Waals surface area contributed by atoms with E-state index in [1.54, 1.807) is 11.6 Å². The molecule has 32 heavy (non-hydrogen) atoms. The third-order valence-corrected chi connectivity index (χ3v) is 6.23. The summed E-state index contributed by atoms with van der Waals surface area (Å²) in [5.41, 5.74) is 3.67. The van der Waals surface area contributed by atoms with Crippen LogP contribution in [-0.4, -0.2) is 56.8 Å². The molecule has 2 aromatic heterocycles. The Kier molecular flexibility index (Phi) is 5.51. The first-order chi connectivity index (χ1) is 15.6. The second kappa shape index (κ2) is 8.61. The summed E-state index contributed by atoms with van der Waals surface area (Å²) in [5, 5.41) is 4.34. The average Bonchev–Trinajstić information content (AvgIpc) is 3.46. The number of amides is 1. The van der Waals surface area contributed by atoms with Crippen molar-refractivity contribution in [2.45, 2.75) is 26.3 Å². The molecule has 1 atom stereocenters. The summed E-state index contributed by atoms with van der Waals surface area (Å²) in [6.45, 7) is 5.30. The van der Waals surface area contributed by atoms with Gasteiger partial charge >= 0.3 is 0 Å². The smallest absolute Gasteiger partial charge is 0.219 e. The van der Waals surface area contributed by atoms with Gasteiger partial charge in [0, 0.05) is 57.7 Å². The molecular weight excluding hydrogens is 404 g/mol. The van der Waals surface area contributed by atoms with Gasteiger partial charge in [-0.25, -0.2) is 9.97 Å². The summed E-state index contributed by atoms with van der Waals surface area (Å²) in [6, 6.07) is 9.96. The fourth-order valence-corrected chi connectivity index (χ4v) is 4.44. The van der Waals surface area contributed by atoms with Crippen LogP contribution in [0.15, 0.2) is 42.7 Å². The van der Waals surface area contributed by atoms with Gasteiger partial charge in [0.1, 0.15) is 11.4 Å². The van der Waals surface area contributed by atoms with Gasteiger partial charge in [-0.1, -0.05) is 18.2 Å². The van der Waals surface area contributed by atoms with E-state index >= 15 is 0 Å². The number of carbonyl (C=O) groups is 1. The Morgan fingerprint density at radius 1 is 1.16 bits per heavy atom. The molecule has 0 bridgehead atoms. The highest BCUT2D eigenvalue weighted by molar-refractivity contribution is 5.74. The fourth-order valence-electron chi connectivity index (χ4n) is 4.44. The maximum absolute atomic E-state index is 11.9. The molecule has 1 fully saturated rings. The van der Waals surface area contributed by atoms with Crippen molar-refractivity contribution in [1.29, 1.82) is 0 Å². The van der Waals surface area contributed by atoms with E-state index < -0.39 is 0 Å². The minimum atomic E-state index is 0.0743. The molecular formula is C24H28N6O2. The van der Waals surface area contributed by atoms with Gasteiger partial charge in [-0.15, -0.1) is 0 Å². The number of anilines is 1. The van der Waals surface area contributed by atoms with Gasteiger partial charge < -0.3 is 14.5 Å². The lowest BCUT2D eigenvalue weighted by Gasteiger charge is -2.29. The van der Waals surface area contributed by atoms with Crippen molar-refractivity contribution in [3.05, 3.63) is 54.1 Å². The Balaban J connectivity index is 1.40. The highest BCUT2D eigenvalue weighted by Crippen LogP contribution is 2.33. The molecule has 2 aliphatic rings. The Morgan fingerprint density at radius 3 is 2.75 bits per heavy atom. The number of aromatic nitrogens is 4. The molecule has 2 aliphatic heterocycles. The molecule has 4 heterocycles. The minimum absolute atomic E-state index is 0.0743. The molecule has 1 saturated heterocycles. The van der Waals surface area contributed by atoms with Crippen molar-refractivity contribution in [3.8, 4) is 17.0 Å². The molecule has 5 rings (SSSR count). The third-order valence-electron chi connectivity index (χ3n) is 6.23. The van der Waals surface area contributed by atoms with Crippen LogP contribution in [0.25, 0.3) is 11.3 Å². The van der Waals surface area contributed by atoms with Gasteiger partial charge in [0.05, 0.1) is 30.7 Å². The van der Waals surface area contributed by atoms with Gasteiger partial charge in [0.2, 0.25) is 5.91 Å². The molecule has 166 valence electrons. The number of ether oxygens (including phenoxy) is 1. The zero-order valence-corrected chi connectivity index (χ0v) is 18.6. The van der Waals surface area contributed by atoms with Crippen LogP contribution in [0, 0.1) is 5.92 Å². The lowest BCUT2D eigenvalue weighted by Crippen LogP contribution is -2.36. The molecule has 8 nitrogen and oxygen atoms in total. The number of hydrogen-bond donors (Lipinski definition) is 0. The summed E-state index contributed by atoms with van der Waals surface area (Å²) >= 11 is 0. The highest BCUT2D eigenvalue weighted by atomic mass is 16.5. The number of fused-ring (bicyclic) bond motifs is 1. The lowest BCUT2D eigenvalue weighted by atomic mass is 10.1. The van der Waals surface area contributed by atoms with Gasteiger partial charge in [-0.2, -0.15) is 5.10 Å². The van der Waals surface area contributed by atoms with E-state index in [4.69, 9.17) is 14.7 Å². The second-order valence-corrected chi connectivity index (χ2v) is 8.61. The number of nitrogens with zero attached hydrogens (tertiary/aromatic N) is 6. The molecule has 1 unspecified atom stereocenters. The lowest BCUT2D eigenvalue weighted by molar-refractivity contribution is -0.129. The van der Waals surface area contributed by atoms with Crippen LogP contribution in [0.4, 0.5) is 5.82 Å². The first-order valence-corrected chi connectivity index (χ1v) is 11.1. The van der Waals surface area contributed by atoms with Crippen molar-refractivity contribution in [2.24, 2.45) is 13.0 Å². The summed E-state index contributed by atoms with van der Waals surface area (Å²) < 4.78 is 7.78. The van der Waals surface area contributed by atoms with Gasteiger partial charge in [-0.3, -0.25) is 9.48 Å². The Morgan fingerprint density at radius 2 is 2.00 bits per heavy atom. The molecule has 0 spiro atoms. The van der Waals surface area contributed by atoms with Crippen LogP contribution in [0.1, 0.15) is 24.7 Å². The molecule has 0 N–H and O–H groups in total. The van der Waals surface area contributed by atoms with Gasteiger partial charge in [0.15, 0.2) is 5.82 Å². The monoisotopic (exact) mass is 432 g/mol. The van der Waals surface area contributed by atoms with Crippen LogP contribution < -0.4 is 9.64 Å². The number of carbonyl (C=O) groups excluding carboxylic acids is 1. The fraction of sp³-hybridized carbons (Fsp3) is 0.417. The molecule has 1 amide bonds. The number of benzene rings is 1. The highest BCUT2D eigenvalue weighted by Gasteiger charge is 2.30. The number of para-hydroxylation sites is 1. The molecule has 8 heteroatoms. The Labute approximate surface area is 187 Å². The van der Waals surface area contributed by atoms with Crippen molar-refractivity contribution in [1.82, 2.24) is 24.6 Å². The minimum Gasteiger partial charge on any atom is -0.493 e. The zero-order valence-electron chi connectivity index (χ0n) is 18.6. The van der Waals surface area contributed by atoms with E-state index in [0.29, 0.717) is 25.6 Å². The molecule has 0 radical (unpaired) electrons. The van der Waals surface area contributed by atoms with Gasteiger partial charge in [-0.05, 0) is 18.6 Å². The van der Waals surface area contributed by atoms with Gasteiger partial charge in [0.25, 0.3) is 0 Å². The van der Waals surface area contributed by atoms with Crippen LogP contribution >= 0.6 is 0 Å². The van der Waals surface area contributed by atoms with Crippen LogP contribution in [0.5, 0.6) is 5.75 Å². The first-order valence-electron chi connectivity index (χ1n) is 11.1. The topological polar surface area (TPSA) is 76.4 Å². The molecule has 0 saturated carbocycles. The largest absolute Gasteiger partial charge is 0.493 e. The SMILES string of the molecule is CC(=O)N1CCc2nc(N3CCC(COc4ccccc4)C3)c(-c3cnn(C)c3)nc2C1. The van der Waals surface area contributed by atoms with Crippen LogP contribution in [0.2, 0.25) is 0 Å². The Hall–Kier alpha value is -3.42. The predicted molar refractivity (Wildman–Crippen MR) is 121 cm³/mol. The van der Waals surface area contributed by atoms with E-state index in [9.17, 15) is 4.79 Å². The van der Waals surface area contributed by atoms with E-state index in [-0.39, 0.29) is 5.91 Å². The second-order valence-electron chi connectivity index (χ2n) is 8.61. The maximum Gasteiger partial charge on any atom is 0.219 e. The standard InChI is InChI=1S/C24H28N6O2/c1-17(31)29-11-9-21-22(15-29)26-23(19-12-25-28(2)14-19)24(27-21)30-10-8-18(13-30)16-32-20-6-4-3-5-7-20/h3-7,12,14,18H,8-11,13,15-16H2,1-2H3. The van der Waals surface area contributed by atoms with Crippen LogP contribution in [-0.2, 0) is 24.8 Å². The van der Waals surface area contributed by atoms with Crippen molar-refractivity contribution >= 4 is 11.7 Å². The number of rotatable bonds is 5. The van der Waals surface area contributed by atoms with Crippen LogP contribution in [0.3, 0.4) is 0 Å². The number of hydrogen-bond acceptors (Lipinski definition) is 6. The Bertz CT molecular complexity index is 1110. The summed E-state index contributed by atoms with van der Waals surface area (Å²) in [6.07, 6.45) is 5.59. The van der Waals surface area contributed by atoms with Crippen molar-refractivity contribution in [2.75, 3.05) is 31.1 Å². The summed E-state index contributed by atoms with van der Waals surface area (Å²) in [5.74, 6) is 2.33. The first kappa shape index (κ1) is 20.5. The summed E-state index contributed by atoms with van der Waals surface area (Å²) in [7, 11) is 1.90. The third kappa shape index (κ3) is 4.17. The maximum atomic E-state index is 11.9. The van der Waals surface area contributed by atoms with Crippen molar-refractivity contribution < 1.29 is 9.53 Å². The quantitative estimate of drug-likeness (QED) is 0.617. The van der Waals surface area contributed by atoms with E-state index in [0.717, 1.165) is 60.1 Å².